The number of rotatable bonds is 2. The molecule has 1 aliphatic rings. The van der Waals surface area contributed by atoms with Crippen LogP contribution in [0.2, 0.25) is 0 Å². The fourth-order valence-electron chi connectivity index (χ4n) is 2.29. The van der Waals surface area contributed by atoms with Crippen molar-refractivity contribution >= 4 is 11.9 Å². The number of hydroxylamine groups is 1. The number of carbonyl (C=O) groups excluding carboxylic acids is 1. The molecule has 0 bridgehead atoms. The molecule has 1 aliphatic heterocycles. The van der Waals surface area contributed by atoms with Crippen LogP contribution < -0.4 is 10.4 Å². The molecule has 0 unspecified atom stereocenters. The summed E-state index contributed by atoms with van der Waals surface area (Å²) in [7, 11) is 0. The van der Waals surface area contributed by atoms with Crippen LogP contribution in [0.1, 0.15) is 43.5 Å². The molecular formula is C13H20N4O2. The first-order valence-corrected chi connectivity index (χ1v) is 6.53. The first-order valence-electron chi connectivity index (χ1n) is 6.53. The van der Waals surface area contributed by atoms with Crippen LogP contribution in [0, 0.1) is 5.41 Å². The number of amides is 1. The van der Waals surface area contributed by atoms with E-state index in [0.717, 1.165) is 25.9 Å². The lowest BCUT2D eigenvalue weighted by atomic mass is 9.85. The van der Waals surface area contributed by atoms with Crippen molar-refractivity contribution in [1.82, 2.24) is 15.4 Å². The summed E-state index contributed by atoms with van der Waals surface area (Å²) in [5, 5.41) is 8.54. The van der Waals surface area contributed by atoms with Crippen LogP contribution in [-0.4, -0.2) is 34.2 Å². The molecule has 1 amide bonds. The molecule has 0 atom stereocenters. The number of carbonyl (C=O) groups is 1. The van der Waals surface area contributed by atoms with Gasteiger partial charge in [0.05, 0.1) is 5.56 Å². The zero-order chi connectivity index (χ0) is 13.9. The number of nitrogens with zero attached hydrogens (tertiary/aromatic N) is 3. The molecule has 1 fully saturated rings. The number of anilines is 1. The average molecular weight is 264 g/mol. The summed E-state index contributed by atoms with van der Waals surface area (Å²) in [6.07, 6.45) is 6.30. The fraction of sp³-hybridized carbons (Fsp3) is 0.615. The number of nitrogens with one attached hydrogen (secondary N) is 1. The third-order valence-corrected chi connectivity index (χ3v) is 3.62. The minimum Gasteiger partial charge on any atom is -0.341 e. The lowest BCUT2D eigenvalue weighted by Gasteiger charge is -2.23. The van der Waals surface area contributed by atoms with Crippen molar-refractivity contribution in [3.8, 4) is 0 Å². The molecule has 0 aromatic carbocycles. The van der Waals surface area contributed by atoms with E-state index in [1.807, 2.05) is 0 Å². The van der Waals surface area contributed by atoms with E-state index in [-0.39, 0.29) is 5.56 Å². The molecule has 104 valence electrons. The Morgan fingerprint density at radius 2 is 2.00 bits per heavy atom. The third kappa shape index (κ3) is 3.41. The van der Waals surface area contributed by atoms with Crippen LogP contribution in [-0.2, 0) is 0 Å². The normalized spacial score (nSPS) is 18.8. The maximum Gasteiger partial charge on any atom is 0.277 e. The van der Waals surface area contributed by atoms with Gasteiger partial charge in [0.15, 0.2) is 0 Å². The van der Waals surface area contributed by atoms with Gasteiger partial charge in [-0.1, -0.05) is 13.8 Å². The molecule has 0 saturated carbocycles. The van der Waals surface area contributed by atoms with Crippen molar-refractivity contribution in [2.45, 2.75) is 33.1 Å². The lowest BCUT2D eigenvalue weighted by Crippen LogP contribution is -2.27. The summed E-state index contributed by atoms with van der Waals surface area (Å²) < 4.78 is 0. The zero-order valence-electron chi connectivity index (χ0n) is 11.4. The largest absolute Gasteiger partial charge is 0.341 e. The smallest absolute Gasteiger partial charge is 0.277 e. The molecule has 0 spiro atoms. The fourth-order valence-corrected chi connectivity index (χ4v) is 2.29. The molecule has 2 N–H and O–H groups in total. The summed E-state index contributed by atoms with van der Waals surface area (Å²) in [6.45, 7) is 6.44. The second kappa shape index (κ2) is 5.52. The van der Waals surface area contributed by atoms with E-state index in [9.17, 15) is 4.79 Å². The van der Waals surface area contributed by atoms with Gasteiger partial charge >= 0.3 is 0 Å². The highest BCUT2D eigenvalue weighted by Gasteiger charge is 2.24. The second-order valence-corrected chi connectivity index (χ2v) is 5.72. The van der Waals surface area contributed by atoms with Gasteiger partial charge in [-0.2, -0.15) is 0 Å². The van der Waals surface area contributed by atoms with E-state index in [1.54, 1.807) is 5.48 Å². The minimum absolute atomic E-state index is 0.251. The SMILES string of the molecule is CC1(C)CCCN(c2ncc(C(=O)NO)cn2)CC1. The Morgan fingerprint density at radius 3 is 2.63 bits per heavy atom. The quantitative estimate of drug-likeness (QED) is 0.627. The Hall–Kier alpha value is -1.69. The Bertz CT molecular complexity index is 444. The van der Waals surface area contributed by atoms with Gasteiger partial charge in [-0.3, -0.25) is 10.0 Å². The predicted molar refractivity (Wildman–Crippen MR) is 71.1 cm³/mol. The van der Waals surface area contributed by atoms with E-state index in [2.05, 4.69) is 28.7 Å². The molecule has 0 aliphatic carbocycles. The highest BCUT2D eigenvalue weighted by Crippen LogP contribution is 2.30. The van der Waals surface area contributed by atoms with Gasteiger partial charge in [0, 0.05) is 25.5 Å². The van der Waals surface area contributed by atoms with Gasteiger partial charge in [0.1, 0.15) is 0 Å². The standard InChI is InChI=1S/C13H20N4O2/c1-13(2)4-3-6-17(7-5-13)12-14-8-10(9-15-12)11(18)16-19/h8-9,19H,3-7H2,1-2H3,(H,16,18). The molecule has 1 saturated heterocycles. The molecule has 2 rings (SSSR count). The van der Waals surface area contributed by atoms with Gasteiger partial charge in [0.25, 0.3) is 5.91 Å². The van der Waals surface area contributed by atoms with Crippen molar-refractivity contribution in [1.29, 1.82) is 0 Å². The monoisotopic (exact) mass is 264 g/mol. The summed E-state index contributed by atoms with van der Waals surface area (Å²) in [5.41, 5.74) is 2.19. The first-order chi connectivity index (χ1) is 9.02. The maximum atomic E-state index is 11.2. The molecule has 2 heterocycles. The maximum absolute atomic E-state index is 11.2. The van der Waals surface area contributed by atoms with Crippen molar-refractivity contribution in [2.75, 3.05) is 18.0 Å². The molecule has 0 radical (unpaired) electrons. The summed E-state index contributed by atoms with van der Waals surface area (Å²) in [6, 6.07) is 0. The van der Waals surface area contributed by atoms with Crippen molar-refractivity contribution < 1.29 is 10.0 Å². The highest BCUT2D eigenvalue weighted by molar-refractivity contribution is 5.92. The Balaban J connectivity index is 2.08. The summed E-state index contributed by atoms with van der Waals surface area (Å²) in [5.74, 6) is 0.0516. The summed E-state index contributed by atoms with van der Waals surface area (Å²) in [4.78, 5) is 21.7. The van der Waals surface area contributed by atoms with Gasteiger partial charge in [-0.05, 0) is 24.7 Å². The van der Waals surface area contributed by atoms with Gasteiger partial charge in [0.2, 0.25) is 5.95 Å². The Kier molecular flexibility index (Phi) is 3.99. The average Bonchev–Trinajstić information content (AvgIpc) is 2.59. The molecule has 1 aromatic heterocycles. The summed E-state index contributed by atoms with van der Waals surface area (Å²) >= 11 is 0. The molecule has 6 nitrogen and oxygen atoms in total. The third-order valence-electron chi connectivity index (χ3n) is 3.62. The number of hydrogen-bond donors (Lipinski definition) is 2. The second-order valence-electron chi connectivity index (χ2n) is 5.72. The van der Waals surface area contributed by atoms with E-state index in [1.165, 1.54) is 18.8 Å². The lowest BCUT2D eigenvalue weighted by molar-refractivity contribution is 0.0705. The van der Waals surface area contributed by atoms with Crippen LogP contribution in [0.3, 0.4) is 0 Å². The number of hydrogen-bond acceptors (Lipinski definition) is 5. The Morgan fingerprint density at radius 1 is 1.32 bits per heavy atom. The van der Waals surface area contributed by atoms with Gasteiger partial charge < -0.3 is 4.90 Å². The van der Waals surface area contributed by atoms with Crippen LogP contribution >= 0.6 is 0 Å². The molecular weight excluding hydrogens is 244 g/mol. The van der Waals surface area contributed by atoms with Crippen molar-refractivity contribution in [3.05, 3.63) is 18.0 Å². The van der Waals surface area contributed by atoms with Crippen LogP contribution in [0.25, 0.3) is 0 Å². The van der Waals surface area contributed by atoms with Crippen LogP contribution in [0.15, 0.2) is 12.4 Å². The minimum atomic E-state index is -0.594. The molecule has 6 heteroatoms. The van der Waals surface area contributed by atoms with E-state index < -0.39 is 5.91 Å². The zero-order valence-corrected chi connectivity index (χ0v) is 11.4. The molecule has 19 heavy (non-hydrogen) atoms. The number of aromatic nitrogens is 2. The van der Waals surface area contributed by atoms with E-state index >= 15 is 0 Å². The van der Waals surface area contributed by atoms with Crippen LogP contribution in [0.5, 0.6) is 0 Å². The Labute approximate surface area is 112 Å². The first kappa shape index (κ1) is 13.7. The van der Waals surface area contributed by atoms with Crippen molar-refractivity contribution in [3.63, 3.8) is 0 Å². The van der Waals surface area contributed by atoms with Gasteiger partial charge in [-0.25, -0.2) is 15.4 Å². The van der Waals surface area contributed by atoms with E-state index in [0.29, 0.717) is 11.4 Å². The molecule has 1 aromatic rings. The highest BCUT2D eigenvalue weighted by atomic mass is 16.5. The topological polar surface area (TPSA) is 78.4 Å². The van der Waals surface area contributed by atoms with Crippen molar-refractivity contribution in [2.24, 2.45) is 5.41 Å². The van der Waals surface area contributed by atoms with Crippen LogP contribution in [0.4, 0.5) is 5.95 Å². The predicted octanol–water partition coefficient (Wildman–Crippen LogP) is 1.61. The van der Waals surface area contributed by atoms with E-state index in [4.69, 9.17) is 5.21 Å². The van der Waals surface area contributed by atoms with Gasteiger partial charge in [-0.15, -0.1) is 0 Å².